The summed E-state index contributed by atoms with van der Waals surface area (Å²) in [4.78, 5) is 2.39. The molecule has 0 radical (unpaired) electrons. The first kappa shape index (κ1) is 14.2. The molecule has 19 heavy (non-hydrogen) atoms. The van der Waals surface area contributed by atoms with E-state index < -0.39 is 0 Å². The highest BCUT2D eigenvalue weighted by molar-refractivity contribution is 7.99. The molecule has 0 aliphatic heterocycles. The van der Waals surface area contributed by atoms with Gasteiger partial charge in [-0.25, -0.2) is 0 Å². The second kappa shape index (κ2) is 6.27. The summed E-state index contributed by atoms with van der Waals surface area (Å²) >= 11 is 1.73. The van der Waals surface area contributed by atoms with Gasteiger partial charge in [-0.2, -0.15) is 0 Å². The number of hydrogen-bond acceptors (Lipinski definition) is 2. The average molecular weight is 272 g/mol. The Kier molecular flexibility index (Phi) is 4.67. The van der Waals surface area contributed by atoms with E-state index in [9.17, 15) is 5.11 Å². The third kappa shape index (κ3) is 3.40. The zero-order valence-electron chi connectivity index (χ0n) is 11.7. The third-order valence-corrected chi connectivity index (χ3v) is 4.48. The van der Waals surface area contributed by atoms with Gasteiger partial charge in [0, 0.05) is 9.79 Å². The monoisotopic (exact) mass is 272 g/mol. The van der Waals surface area contributed by atoms with Crippen LogP contribution in [0, 0.1) is 13.8 Å². The molecule has 1 nitrogen and oxygen atoms in total. The van der Waals surface area contributed by atoms with Crippen LogP contribution in [0.25, 0.3) is 0 Å². The molecule has 0 aromatic heterocycles. The van der Waals surface area contributed by atoms with Crippen LogP contribution in [0.3, 0.4) is 0 Å². The van der Waals surface area contributed by atoms with E-state index in [0.29, 0.717) is 0 Å². The Morgan fingerprint density at radius 1 is 1.05 bits per heavy atom. The Bertz CT molecular complexity index is 563. The summed E-state index contributed by atoms with van der Waals surface area (Å²) in [5, 5.41) is 10.1. The third-order valence-electron chi connectivity index (χ3n) is 3.22. The molecule has 1 N–H and O–H groups in total. The molecule has 1 atom stereocenters. The highest BCUT2D eigenvalue weighted by atomic mass is 32.2. The maximum atomic E-state index is 10.1. The topological polar surface area (TPSA) is 20.2 Å². The summed E-state index contributed by atoms with van der Waals surface area (Å²) in [7, 11) is 0. The molecule has 2 aromatic carbocycles. The fraction of sp³-hybridized carbons (Fsp3) is 0.294. The molecule has 0 saturated carbocycles. The highest BCUT2D eigenvalue weighted by Crippen LogP contribution is 2.35. The molecular weight excluding hydrogens is 252 g/mol. The minimum Gasteiger partial charge on any atom is -0.388 e. The molecule has 0 aliphatic rings. The van der Waals surface area contributed by atoms with Gasteiger partial charge in [0.25, 0.3) is 0 Å². The van der Waals surface area contributed by atoms with E-state index >= 15 is 0 Å². The molecule has 2 heteroatoms. The first-order chi connectivity index (χ1) is 9.11. The Hall–Kier alpha value is -1.25. The van der Waals surface area contributed by atoms with Crippen molar-refractivity contribution in [2.45, 2.75) is 43.1 Å². The summed E-state index contributed by atoms with van der Waals surface area (Å²) in [6.45, 7) is 6.24. The van der Waals surface area contributed by atoms with Gasteiger partial charge in [-0.1, -0.05) is 54.6 Å². The second-order valence-corrected chi connectivity index (χ2v) is 5.92. The van der Waals surface area contributed by atoms with Gasteiger partial charge < -0.3 is 5.11 Å². The maximum Gasteiger partial charge on any atom is 0.0798 e. The highest BCUT2D eigenvalue weighted by Gasteiger charge is 2.11. The summed E-state index contributed by atoms with van der Waals surface area (Å²) < 4.78 is 0. The predicted octanol–water partition coefficient (Wildman–Crippen LogP) is 4.90. The Morgan fingerprint density at radius 3 is 2.47 bits per heavy atom. The van der Waals surface area contributed by atoms with E-state index in [1.54, 1.807) is 11.8 Å². The van der Waals surface area contributed by atoms with E-state index in [1.165, 1.54) is 16.0 Å². The van der Waals surface area contributed by atoms with Gasteiger partial charge in [0.05, 0.1) is 6.10 Å². The smallest absolute Gasteiger partial charge is 0.0798 e. The first-order valence-electron chi connectivity index (χ1n) is 6.64. The van der Waals surface area contributed by atoms with Crippen molar-refractivity contribution in [3.05, 3.63) is 59.2 Å². The van der Waals surface area contributed by atoms with Crippen molar-refractivity contribution in [3.63, 3.8) is 0 Å². The minimum atomic E-state index is -0.380. The molecule has 0 bridgehead atoms. The minimum absolute atomic E-state index is 0.380. The van der Waals surface area contributed by atoms with Crippen molar-refractivity contribution in [1.29, 1.82) is 0 Å². The first-order valence-corrected chi connectivity index (χ1v) is 7.45. The SMILES string of the molecule is CC[C@H](O)c1ccccc1Sc1ccc(C)cc1C. The average Bonchev–Trinajstić information content (AvgIpc) is 2.41. The number of aryl methyl sites for hydroxylation is 2. The van der Waals surface area contributed by atoms with Crippen molar-refractivity contribution >= 4 is 11.8 Å². The summed E-state index contributed by atoms with van der Waals surface area (Å²) in [6, 6.07) is 14.6. The van der Waals surface area contributed by atoms with Gasteiger partial charge in [0.15, 0.2) is 0 Å². The Balaban J connectivity index is 2.33. The zero-order chi connectivity index (χ0) is 13.8. The van der Waals surface area contributed by atoms with E-state index in [0.717, 1.165) is 16.9 Å². The fourth-order valence-electron chi connectivity index (χ4n) is 2.10. The van der Waals surface area contributed by atoms with Crippen LogP contribution in [0.5, 0.6) is 0 Å². The lowest BCUT2D eigenvalue weighted by Gasteiger charge is -2.14. The molecule has 0 unspecified atom stereocenters. The van der Waals surface area contributed by atoms with Crippen LogP contribution < -0.4 is 0 Å². The predicted molar refractivity (Wildman–Crippen MR) is 81.7 cm³/mol. The van der Waals surface area contributed by atoms with E-state index in [2.05, 4.69) is 38.1 Å². The molecule has 0 saturated heterocycles. The number of aliphatic hydroxyl groups excluding tert-OH is 1. The second-order valence-electron chi connectivity index (χ2n) is 4.83. The molecule has 0 spiro atoms. The molecule has 0 heterocycles. The van der Waals surface area contributed by atoms with Gasteiger partial charge in [0.1, 0.15) is 0 Å². The normalized spacial score (nSPS) is 12.4. The van der Waals surface area contributed by atoms with Crippen LogP contribution in [0.15, 0.2) is 52.3 Å². The molecular formula is C17H20OS. The van der Waals surface area contributed by atoms with Gasteiger partial charge >= 0.3 is 0 Å². The van der Waals surface area contributed by atoms with Gasteiger partial charge in [-0.3, -0.25) is 0 Å². The molecule has 0 amide bonds. The molecule has 0 fully saturated rings. The Morgan fingerprint density at radius 2 is 1.79 bits per heavy atom. The summed E-state index contributed by atoms with van der Waals surface area (Å²) in [6.07, 6.45) is 0.360. The molecule has 0 aliphatic carbocycles. The van der Waals surface area contributed by atoms with Crippen LogP contribution in [0.1, 0.15) is 36.1 Å². The van der Waals surface area contributed by atoms with E-state index in [-0.39, 0.29) is 6.10 Å². The van der Waals surface area contributed by atoms with E-state index in [4.69, 9.17) is 0 Å². The lowest BCUT2D eigenvalue weighted by molar-refractivity contribution is 0.171. The molecule has 100 valence electrons. The fourth-order valence-corrected chi connectivity index (χ4v) is 3.16. The van der Waals surface area contributed by atoms with Crippen LogP contribution in [-0.2, 0) is 0 Å². The van der Waals surface area contributed by atoms with Crippen LogP contribution in [0.4, 0.5) is 0 Å². The quantitative estimate of drug-likeness (QED) is 0.854. The van der Waals surface area contributed by atoms with Crippen LogP contribution in [0.2, 0.25) is 0 Å². The van der Waals surface area contributed by atoms with Gasteiger partial charge in [0.2, 0.25) is 0 Å². The number of aliphatic hydroxyl groups is 1. The van der Waals surface area contributed by atoms with Gasteiger partial charge in [-0.15, -0.1) is 0 Å². The lowest BCUT2D eigenvalue weighted by atomic mass is 10.1. The largest absolute Gasteiger partial charge is 0.388 e. The van der Waals surface area contributed by atoms with Gasteiger partial charge in [-0.05, 0) is 43.5 Å². The van der Waals surface area contributed by atoms with E-state index in [1.807, 2.05) is 25.1 Å². The summed E-state index contributed by atoms with van der Waals surface area (Å²) in [5.41, 5.74) is 3.59. The van der Waals surface area contributed by atoms with Crippen molar-refractivity contribution in [1.82, 2.24) is 0 Å². The lowest BCUT2D eigenvalue weighted by Crippen LogP contribution is -1.97. The van der Waals surface area contributed by atoms with Crippen molar-refractivity contribution < 1.29 is 5.11 Å². The zero-order valence-corrected chi connectivity index (χ0v) is 12.5. The number of hydrogen-bond donors (Lipinski definition) is 1. The van der Waals surface area contributed by atoms with Crippen molar-refractivity contribution in [2.24, 2.45) is 0 Å². The van der Waals surface area contributed by atoms with Crippen molar-refractivity contribution in [3.8, 4) is 0 Å². The molecule has 2 rings (SSSR count). The van der Waals surface area contributed by atoms with Crippen LogP contribution in [-0.4, -0.2) is 5.11 Å². The summed E-state index contributed by atoms with van der Waals surface area (Å²) in [5.74, 6) is 0. The van der Waals surface area contributed by atoms with Crippen molar-refractivity contribution in [2.75, 3.05) is 0 Å². The standard InChI is InChI=1S/C17H20OS/c1-4-15(18)14-7-5-6-8-17(14)19-16-10-9-12(2)11-13(16)3/h5-11,15,18H,4H2,1-3H3/t15-/m0/s1. The number of rotatable bonds is 4. The van der Waals surface area contributed by atoms with Crippen LogP contribution >= 0.6 is 11.8 Å². The molecule has 2 aromatic rings. The maximum absolute atomic E-state index is 10.1. The number of benzene rings is 2. The Labute approximate surface area is 119 Å².